The minimum absolute atomic E-state index is 0.0634. The number of nitrogens with two attached hydrogens (primary N) is 1. The van der Waals surface area contributed by atoms with E-state index < -0.39 is 0 Å². The Morgan fingerprint density at radius 2 is 2.00 bits per heavy atom. The lowest BCUT2D eigenvalue weighted by Crippen LogP contribution is -2.46. The van der Waals surface area contributed by atoms with Crippen LogP contribution in [-0.4, -0.2) is 31.1 Å². The Kier molecular flexibility index (Phi) is 3.78. The van der Waals surface area contributed by atoms with Crippen molar-refractivity contribution in [1.82, 2.24) is 0 Å². The van der Waals surface area contributed by atoms with Gasteiger partial charge in [0.05, 0.1) is 12.2 Å². The van der Waals surface area contributed by atoms with Crippen molar-refractivity contribution in [3.8, 4) is 0 Å². The second-order valence-electron chi connectivity index (χ2n) is 4.74. The summed E-state index contributed by atoms with van der Waals surface area (Å²) in [5, 5.41) is 8.30. The fraction of sp³-hybridized carbons (Fsp3) is 0.462. The summed E-state index contributed by atoms with van der Waals surface area (Å²) < 4.78 is 5.71. The minimum atomic E-state index is 0.0634. The lowest BCUT2D eigenvalue weighted by atomic mass is 10.1. The van der Waals surface area contributed by atoms with Gasteiger partial charge in [-0.2, -0.15) is 0 Å². The summed E-state index contributed by atoms with van der Waals surface area (Å²) in [6.45, 7) is 5.65. The number of hydrogen-bond acceptors (Lipinski definition) is 3. The molecule has 5 heteroatoms. The smallest absolute Gasteiger partial charge is 0.124 e. The van der Waals surface area contributed by atoms with Gasteiger partial charge < -0.3 is 15.4 Å². The Morgan fingerprint density at radius 1 is 1.39 bits per heavy atom. The second kappa shape index (κ2) is 5.16. The van der Waals surface area contributed by atoms with E-state index in [0.717, 1.165) is 24.3 Å². The topological polar surface area (TPSA) is 62.3 Å². The van der Waals surface area contributed by atoms with Crippen molar-refractivity contribution in [1.29, 1.82) is 5.41 Å². The highest BCUT2D eigenvalue weighted by Gasteiger charge is 2.24. The third-order valence-electron chi connectivity index (χ3n) is 3.01. The quantitative estimate of drug-likeness (QED) is 0.638. The van der Waals surface area contributed by atoms with Crippen molar-refractivity contribution >= 4 is 23.1 Å². The van der Waals surface area contributed by atoms with Gasteiger partial charge in [0, 0.05) is 29.4 Å². The largest absolute Gasteiger partial charge is 0.384 e. The molecule has 0 amide bonds. The molecule has 4 nitrogen and oxygen atoms in total. The number of rotatable bonds is 2. The van der Waals surface area contributed by atoms with Crippen LogP contribution in [0.5, 0.6) is 0 Å². The van der Waals surface area contributed by atoms with Crippen LogP contribution in [-0.2, 0) is 4.74 Å². The predicted octanol–water partition coefficient (Wildman–Crippen LogP) is 2.24. The van der Waals surface area contributed by atoms with Crippen LogP contribution in [0.4, 0.5) is 5.69 Å². The van der Waals surface area contributed by atoms with Gasteiger partial charge in [-0.25, -0.2) is 0 Å². The molecule has 0 bridgehead atoms. The van der Waals surface area contributed by atoms with Gasteiger partial charge in [-0.05, 0) is 32.0 Å². The van der Waals surface area contributed by atoms with Crippen molar-refractivity contribution in [3.05, 3.63) is 28.8 Å². The number of morpholine rings is 1. The number of nitrogens with zero attached hydrogens (tertiary/aromatic N) is 1. The highest BCUT2D eigenvalue weighted by Crippen LogP contribution is 2.27. The van der Waals surface area contributed by atoms with Crippen LogP contribution < -0.4 is 10.6 Å². The van der Waals surface area contributed by atoms with Gasteiger partial charge in [-0.3, -0.25) is 5.41 Å². The van der Waals surface area contributed by atoms with E-state index in [1.165, 1.54) is 0 Å². The van der Waals surface area contributed by atoms with E-state index in [1.54, 1.807) is 12.1 Å². The van der Waals surface area contributed by atoms with E-state index in [2.05, 4.69) is 4.90 Å². The highest BCUT2D eigenvalue weighted by molar-refractivity contribution is 6.31. The monoisotopic (exact) mass is 267 g/mol. The van der Waals surface area contributed by atoms with Crippen molar-refractivity contribution in [2.75, 3.05) is 18.0 Å². The summed E-state index contributed by atoms with van der Waals surface area (Å²) in [6.07, 6.45) is 0.320. The summed E-state index contributed by atoms with van der Waals surface area (Å²) in [4.78, 5) is 2.18. The molecule has 1 aliphatic heterocycles. The van der Waals surface area contributed by atoms with Crippen molar-refractivity contribution in [2.24, 2.45) is 5.73 Å². The third-order valence-corrected chi connectivity index (χ3v) is 3.25. The first-order chi connectivity index (χ1) is 8.47. The molecule has 1 aromatic rings. The lowest BCUT2D eigenvalue weighted by Gasteiger charge is -2.37. The summed E-state index contributed by atoms with van der Waals surface area (Å²) >= 11 is 6.04. The van der Waals surface area contributed by atoms with Gasteiger partial charge in [0.25, 0.3) is 0 Å². The van der Waals surface area contributed by atoms with Crippen LogP contribution in [0, 0.1) is 5.41 Å². The van der Waals surface area contributed by atoms with Crippen LogP contribution in [0.1, 0.15) is 19.4 Å². The van der Waals surface area contributed by atoms with E-state index in [4.69, 9.17) is 27.5 Å². The average Bonchev–Trinajstić information content (AvgIpc) is 2.27. The van der Waals surface area contributed by atoms with Gasteiger partial charge in [0.1, 0.15) is 5.84 Å². The molecule has 2 rings (SSSR count). The number of benzene rings is 1. The fourth-order valence-electron chi connectivity index (χ4n) is 2.37. The van der Waals surface area contributed by atoms with Crippen LogP contribution in [0.15, 0.2) is 18.2 Å². The van der Waals surface area contributed by atoms with E-state index in [0.29, 0.717) is 5.02 Å². The number of hydrogen-bond donors (Lipinski definition) is 2. The molecule has 0 saturated carbocycles. The average molecular weight is 268 g/mol. The standard InChI is InChI=1S/C13H18ClN3O/c1-8-6-17(7-9(2)18-8)12-5-10(14)3-4-11(12)13(15)16/h3-5,8-9H,6-7H2,1-2H3,(H3,15,16). The molecule has 18 heavy (non-hydrogen) atoms. The van der Waals surface area contributed by atoms with Crippen molar-refractivity contribution < 1.29 is 4.74 Å². The molecular formula is C13H18ClN3O. The first kappa shape index (κ1) is 13.2. The van der Waals surface area contributed by atoms with Gasteiger partial charge in [0.2, 0.25) is 0 Å². The van der Waals surface area contributed by atoms with Gasteiger partial charge >= 0.3 is 0 Å². The van der Waals surface area contributed by atoms with E-state index in [1.807, 2.05) is 19.9 Å². The van der Waals surface area contributed by atoms with Crippen molar-refractivity contribution in [2.45, 2.75) is 26.1 Å². The van der Waals surface area contributed by atoms with Crippen LogP contribution >= 0.6 is 11.6 Å². The molecule has 1 aromatic carbocycles. The molecule has 3 N–H and O–H groups in total. The first-order valence-electron chi connectivity index (χ1n) is 6.01. The van der Waals surface area contributed by atoms with E-state index >= 15 is 0 Å². The zero-order chi connectivity index (χ0) is 13.3. The molecule has 98 valence electrons. The molecular weight excluding hydrogens is 250 g/mol. The summed E-state index contributed by atoms with van der Waals surface area (Å²) in [5.41, 5.74) is 7.26. The van der Waals surface area contributed by atoms with Gasteiger partial charge in [-0.1, -0.05) is 11.6 Å². The predicted molar refractivity (Wildman–Crippen MR) is 74.7 cm³/mol. The van der Waals surface area contributed by atoms with Crippen LogP contribution in [0.3, 0.4) is 0 Å². The van der Waals surface area contributed by atoms with Gasteiger partial charge in [-0.15, -0.1) is 0 Å². The Labute approximate surface area is 112 Å². The van der Waals surface area contributed by atoms with Crippen LogP contribution in [0.2, 0.25) is 5.02 Å². The van der Waals surface area contributed by atoms with Crippen molar-refractivity contribution in [3.63, 3.8) is 0 Å². The maximum atomic E-state index is 7.64. The lowest BCUT2D eigenvalue weighted by molar-refractivity contribution is -0.00522. The van der Waals surface area contributed by atoms with Gasteiger partial charge in [0.15, 0.2) is 0 Å². The minimum Gasteiger partial charge on any atom is -0.384 e. The number of amidine groups is 1. The maximum absolute atomic E-state index is 7.64. The maximum Gasteiger partial charge on any atom is 0.124 e. The molecule has 2 unspecified atom stereocenters. The number of nitrogen functional groups attached to an aromatic ring is 1. The molecule has 0 radical (unpaired) electrons. The summed E-state index contributed by atoms with van der Waals surface area (Å²) in [6, 6.07) is 5.42. The Balaban J connectivity index is 2.36. The summed E-state index contributed by atoms with van der Waals surface area (Å²) in [5.74, 6) is 0.0634. The Morgan fingerprint density at radius 3 is 2.56 bits per heavy atom. The number of anilines is 1. The van der Waals surface area contributed by atoms with E-state index in [-0.39, 0.29) is 18.0 Å². The highest BCUT2D eigenvalue weighted by atomic mass is 35.5. The molecule has 0 spiro atoms. The number of nitrogens with one attached hydrogen (secondary N) is 1. The third kappa shape index (κ3) is 2.76. The molecule has 1 aliphatic rings. The SMILES string of the molecule is CC1CN(c2cc(Cl)ccc2C(=N)N)CC(C)O1. The van der Waals surface area contributed by atoms with E-state index in [9.17, 15) is 0 Å². The molecule has 1 heterocycles. The fourth-order valence-corrected chi connectivity index (χ4v) is 2.54. The van der Waals surface area contributed by atoms with Crippen LogP contribution in [0.25, 0.3) is 0 Å². The molecule has 2 atom stereocenters. The normalized spacial score (nSPS) is 24.1. The molecule has 0 aromatic heterocycles. The molecule has 0 aliphatic carbocycles. The number of ether oxygens (including phenoxy) is 1. The second-order valence-corrected chi connectivity index (χ2v) is 5.17. The number of halogens is 1. The molecule has 1 saturated heterocycles. The summed E-state index contributed by atoms with van der Waals surface area (Å²) in [7, 11) is 0. The zero-order valence-electron chi connectivity index (χ0n) is 10.6. The Bertz CT molecular complexity index is 454. The first-order valence-corrected chi connectivity index (χ1v) is 6.39. The zero-order valence-corrected chi connectivity index (χ0v) is 11.4. The molecule has 1 fully saturated rings. The Hall–Kier alpha value is -1.26.